The molecule has 1 heteroatoms. The van der Waals surface area contributed by atoms with Crippen LogP contribution in [0.25, 0.3) is 10.8 Å². The zero-order chi connectivity index (χ0) is 18.8. The maximum Gasteiger partial charge on any atom is 0.0462 e. The van der Waals surface area contributed by atoms with E-state index in [0.29, 0.717) is 11.8 Å². The van der Waals surface area contributed by atoms with Crippen LogP contribution in [0.3, 0.4) is 0 Å². The maximum atomic E-state index is 9.59. The van der Waals surface area contributed by atoms with E-state index in [1.54, 1.807) is 0 Å². The van der Waals surface area contributed by atoms with E-state index >= 15 is 0 Å². The van der Waals surface area contributed by atoms with Crippen LogP contribution >= 0.6 is 0 Å². The normalized spacial score (nSPS) is 13.8. The van der Waals surface area contributed by atoms with E-state index < -0.39 is 0 Å². The summed E-state index contributed by atoms with van der Waals surface area (Å²) in [6, 6.07) is 13.9. The lowest BCUT2D eigenvalue weighted by molar-refractivity contribution is 0.211. The van der Waals surface area contributed by atoms with Crippen LogP contribution in [0.4, 0.5) is 0 Å². The topological polar surface area (TPSA) is 20.2 Å². The van der Waals surface area contributed by atoms with Gasteiger partial charge in [-0.3, -0.25) is 0 Å². The second-order valence-electron chi connectivity index (χ2n) is 8.01. The molecule has 0 spiro atoms. The van der Waals surface area contributed by atoms with Crippen LogP contribution in [0.5, 0.6) is 0 Å². The summed E-state index contributed by atoms with van der Waals surface area (Å²) in [7, 11) is 0. The standard InChI is InChI=1S/C25H38O/c1-4-6-7-8-9-10-12-21-13-14-23-18-24(16-15-22(23)17-21)25(11-5-2)20(3)19-26/h13-18,20,25-26H,4-12,19H2,1-3H3. The highest BCUT2D eigenvalue weighted by Gasteiger charge is 2.18. The number of aryl methyl sites for hydroxylation is 1. The van der Waals surface area contributed by atoms with Crippen molar-refractivity contribution in [2.45, 2.75) is 84.5 Å². The van der Waals surface area contributed by atoms with Crippen LogP contribution < -0.4 is 0 Å². The smallest absolute Gasteiger partial charge is 0.0462 e. The molecule has 0 radical (unpaired) electrons. The average molecular weight is 355 g/mol. The first-order chi connectivity index (χ1) is 12.7. The molecule has 0 heterocycles. The van der Waals surface area contributed by atoms with Crippen LogP contribution in [-0.4, -0.2) is 11.7 Å². The van der Waals surface area contributed by atoms with Gasteiger partial charge in [-0.1, -0.05) is 95.7 Å². The molecule has 1 nitrogen and oxygen atoms in total. The summed E-state index contributed by atoms with van der Waals surface area (Å²) in [5.74, 6) is 0.775. The third-order valence-electron chi connectivity index (χ3n) is 5.75. The van der Waals surface area contributed by atoms with Crippen LogP contribution in [0, 0.1) is 5.92 Å². The molecule has 2 atom stereocenters. The van der Waals surface area contributed by atoms with E-state index in [1.807, 2.05) is 0 Å². The molecule has 0 amide bonds. The zero-order valence-electron chi connectivity index (χ0n) is 17.1. The van der Waals surface area contributed by atoms with Crippen LogP contribution in [-0.2, 0) is 6.42 Å². The van der Waals surface area contributed by atoms with Gasteiger partial charge in [0.05, 0.1) is 0 Å². The highest BCUT2D eigenvalue weighted by atomic mass is 16.3. The first kappa shape index (κ1) is 21.0. The van der Waals surface area contributed by atoms with E-state index in [-0.39, 0.29) is 6.61 Å². The molecule has 0 aromatic heterocycles. The quantitative estimate of drug-likeness (QED) is 0.398. The van der Waals surface area contributed by atoms with Gasteiger partial charge in [0.25, 0.3) is 0 Å². The van der Waals surface area contributed by atoms with Crippen molar-refractivity contribution in [3.63, 3.8) is 0 Å². The Hall–Kier alpha value is -1.34. The van der Waals surface area contributed by atoms with Gasteiger partial charge in [-0.2, -0.15) is 0 Å². The summed E-state index contributed by atoms with van der Waals surface area (Å²) < 4.78 is 0. The van der Waals surface area contributed by atoms with Gasteiger partial charge in [0.15, 0.2) is 0 Å². The van der Waals surface area contributed by atoms with Gasteiger partial charge in [0.1, 0.15) is 0 Å². The second-order valence-corrected chi connectivity index (χ2v) is 8.01. The number of benzene rings is 2. The average Bonchev–Trinajstić information content (AvgIpc) is 2.67. The third-order valence-corrected chi connectivity index (χ3v) is 5.75. The van der Waals surface area contributed by atoms with Crippen LogP contribution in [0.2, 0.25) is 0 Å². The van der Waals surface area contributed by atoms with Gasteiger partial charge in [0, 0.05) is 6.61 Å². The first-order valence-electron chi connectivity index (χ1n) is 10.8. The summed E-state index contributed by atoms with van der Waals surface area (Å²) in [6.07, 6.45) is 11.6. The number of unbranched alkanes of at least 4 members (excludes halogenated alkanes) is 5. The lowest BCUT2D eigenvalue weighted by Gasteiger charge is -2.23. The van der Waals surface area contributed by atoms with Crippen molar-refractivity contribution in [2.75, 3.05) is 6.61 Å². The molecule has 2 aromatic carbocycles. The Labute approximate surface area is 160 Å². The summed E-state index contributed by atoms with van der Waals surface area (Å²) in [4.78, 5) is 0. The molecule has 0 saturated heterocycles. The first-order valence-corrected chi connectivity index (χ1v) is 10.8. The largest absolute Gasteiger partial charge is 0.396 e. The SMILES string of the molecule is CCCCCCCCc1ccc2cc(C(CCC)C(C)CO)ccc2c1. The lowest BCUT2D eigenvalue weighted by Crippen LogP contribution is -2.13. The molecule has 144 valence electrons. The molecule has 0 fully saturated rings. The maximum absolute atomic E-state index is 9.59. The van der Waals surface area contributed by atoms with E-state index in [4.69, 9.17) is 0 Å². The van der Waals surface area contributed by atoms with Gasteiger partial charge in [-0.05, 0) is 53.0 Å². The molecule has 0 bridgehead atoms. The molecule has 2 aromatic rings. The molecule has 0 aliphatic carbocycles. The fraction of sp³-hybridized carbons (Fsp3) is 0.600. The van der Waals surface area contributed by atoms with Crippen LogP contribution in [0.15, 0.2) is 36.4 Å². The molecule has 0 aliphatic heterocycles. The van der Waals surface area contributed by atoms with E-state index in [9.17, 15) is 5.11 Å². The van der Waals surface area contributed by atoms with Crippen molar-refractivity contribution in [3.05, 3.63) is 47.5 Å². The Morgan fingerprint density at radius 2 is 1.50 bits per heavy atom. The molecule has 2 unspecified atom stereocenters. The number of fused-ring (bicyclic) bond motifs is 1. The highest BCUT2D eigenvalue weighted by Crippen LogP contribution is 2.31. The Morgan fingerprint density at radius 3 is 2.23 bits per heavy atom. The number of hydrogen-bond acceptors (Lipinski definition) is 1. The van der Waals surface area contributed by atoms with Gasteiger partial charge < -0.3 is 5.11 Å². The minimum Gasteiger partial charge on any atom is -0.396 e. The molecule has 26 heavy (non-hydrogen) atoms. The number of aliphatic hydroxyl groups excluding tert-OH is 1. The van der Waals surface area contributed by atoms with Crippen molar-refractivity contribution in [1.29, 1.82) is 0 Å². The molecule has 1 N–H and O–H groups in total. The van der Waals surface area contributed by atoms with Crippen molar-refractivity contribution in [3.8, 4) is 0 Å². The van der Waals surface area contributed by atoms with Gasteiger partial charge in [-0.25, -0.2) is 0 Å². The van der Waals surface area contributed by atoms with E-state index in [1.165, 1.54) is 66.8 Å². The van der Waals surface area contributed by atoms with Crippen molar-refractivity contribution >= 4 is 10.8 Å². The Balaban J connectivity index is 2.02. The monoisotopic (exact) mass is 354 g/mol. The predicted octanol–water partition coefficient (Wildman–Crippen LogP) is 7.25. The minimum absolute atomic E-state index is 0.264. The van der Waals surface area contributed by atoms with Crippen molar-refractivity contribution < 1.29 is 5.11 Å². The van der Waals surface area contributed by atoms with Gasteiger partial charge in [0.2, 0.25) is 0 Å². The van der Waals surface area contributed by atoms with Crippen LogP contribution in [0.1, 0.15) is 89.2 Å². The Bertz CT molecular complexity index is 646. The summed E-state index contributed by atoms with van der Waals surface area (Å²) in [5.41, 5.74) is 2.85. The zero-order valence-corrected chi connectivity index (χ0v) is 17.1. The summed E-state index contributed by atoms with van der Waals surface area (Å²) in [6.45, 7) is 6.93. The van der Waals surface area contributed by atoms with E-state index in [0.717, 1.165) is 12.8 Å². The fourth-order valence-corrected chi connectivity index (χ4v) is 4.03. The Morgan fingerprint density at radius 1 is 0.808 bits per heavy atom. The summed E-state index contributed by atoms with van der Waals surface area (Å²) in [5, 5.41) is 12.3. The molecular weight excluding hydrogens is 316 g/mol. The van der Waals surface area contributed by atoms with Gasteiger partial charge >= 0.3 is 0 Å². The minimum atomic E-state index is 0.264. The third kappa shape index (κ3) is 6.13. The number of hydrogen-bond donors (Lipinski definition) is 1. The summed E-state index contributed by atoms with van der Waals surface area (Å²) >= 11 is 0. The van der Waals surface area contributed by atoms with Crippen molar-refractivity contribution in [1.82, 2.24) is 0 Å². The Kier molecular flexibility index (Phi) is 9.18. The lowest BCUT2D eigenvalue weighted by atomic mass is 9.83. The van der Waals surface area contributed by atoms with Crippen molar-refractivity contribution in [2.24, 2.45) is 5.92 Å². The molecule has 2 rings (SSSR count). The number of rotatable bonds is 12. The number of aliphatic hydroxyl groups is 1. The molecular formula is C25H38O. The highest BCUT2D eigenvalue weighted by molar-refractivity contribution is 5.84. The second kappa shape index (κ2) is 11.4. The molecule has 0 aliphatic rings. The van der Waals surface area contributed by atoms with E-state index in [2.05, 4.69) is 57.2 Å². The molecule has 0 saturated carbocycles. The predicted molar refractivity (Wildman–Crippen MR) is 115 cm³/mol. The fourth-order valence-electron chi connectivity index (χ4n) is 4.03. The van der Waals surface area contributed by atoms with Gasteiger partial charge in [-0.15, -0.1) is 0 Å².